The number of aliphatic carboxylic acids is 1. The average molecular weight is 336 g/mol. The molecule has 1 heterocycles. The van der Waals surface area contributed by atoms with Crippen LogP contribution in [0, 0.1) is 6.92 Å². The molecule has 0 aliphatic heterocycles. The van der Waals surface area contributed by atoms with Crippen LogP contribution in [0.25, 0.3) is 5.69 Å². The molecule has 0 radical (unpaired) electrons. The van der Waals surface area contributed by atoms with Gasteiger partial charge in [-0.05, 0) is 37.6 Å². The van der Waals surface area contributed by atoms with Gasteiger partial charge in [-0.3, -0.25) is 9.59 Å². The predicted molar refractivity (Wildman–Crippen MR) is 87.1 cm³/mol. The molecule has 0 saturated heterocycles. The normalized spacial score (nSPS) is 10.6. The monoisotopic (exact) mass is 335 g/mol. The van der Waals surface area contributed by atoms with Gasteiger partial charge >= 0.3 is 5.97 Å². The molecule has 0 bridgehead atoms. The molecule has 1 N–H and O–H groups in total. The molecule has 0 aliphatic carbocycles. The Labute approximate surface area is 139 Å². The van der Waals surface area contributed by atoms with Crippen molar-refractivity contribution in [3.05, 3.63) is 46.7 Å². The first kappa shape index (κ1) is 17.0. The van der Waals surface area contributed by atoms with Crippen LogP contribution in [-0.2, 0) is 4.79 Å². The van der Waals surface area contributed by atoms with Crippen molar-refractivity contribution in [1.82, 2.24) is 14.7 Å². The fraction of sp³-hybridized carbons (Fsp3) is 0.312. The smallest absolute Gasteiger partial charge is 0.323 e. The van der Waals surface area contributed by atoms with E-state index in [-0.39, 0.29) is 12.2 Å². The van der Waals surface area contributed by atoms with Gasteiger partial charge in [0, 0.05) is 17.3 Å². The summed E-state index contributed by atoms with van der Waals surface area (Å²) in [5.74, 6) is -1.43. The van der Waals surface area contributed by atoms with Crippen LogP contribution in [0.15, 0.2) is 30.3 Å². The quantitative estimate of drug-likeness (QED) is 0.880. The standard InChI is InChI=1S/C16H18ClN3O3/c1-3-7-19(10-15(21)22)16(23)14-8-11(2)20(18-14)13-6-4-5-12(17)9-13/h4-6,8-9H,3,7,10H2,1-2H3,(H,21,22). The second kappa shape index (κ2) is 7.28. The minimum absolute atomic E-state index is 0.220. The Morgan fingerprint density at radius 3 is 2.70 bits per heavy atom. The Morgan fingerprint density at radius 2 is 2.09 bits per heavy atom. The molecule has 2 rings (SSSR count). The maximum atomic E-state index is 12.5. The van der Waals surface area contributed by atoms with Gasteiger partial charge < -0.3 is 10.0 Å². The van der Waals surface area contributed by atoms with E-state index in [1.165, 1.54) is 4.90 Å². The van der Waals surface area contributed by atoms with Crippen LogP contribution in [0.3, 0.4) is 0 Å². The van der Waals surface area contributed by atoms with Gasteiger partial charge in [-0.1, -0.05) is 24.6 Å². The van der Waals surface area contributed by atoms with Gasteiger partial charge in [-0.15, -0.1) is 0 Å². The zero-order chi connectivity index (χ0) is 17.0. The largest absolute Gasteiger partial charge is 0.480 e. The highest BCUT2D eigenvalue weighted by Crippen LogP contribution is 2.17. The molecule has 7 heteroatoms. The molecule has 23 heavy (non-hydrogen) atoms. The van der Waals surface area contributed by atoms with Gasteiger partial charge in [0.15, 0.2) is 5.69 Å². The number of benzene rings is 1. The van der Waals surface area contributed by atoms with E-state index in [9.17, 15) is 9.59 Å². The average Bonchev–Trinajstić information content (AvgIpc) is 2.87. The van der Waals surface area contributed by atoms with Crippen LogP contribution in [0.5, 0.6) is 0 Å². The van der Waals surface area contributed by atoms with Crippen molar-refractivity contribution < 1.29 is 14.7 Å². The first-order valence-corrected chi connectivity index (χ1v) is 7.64. The lowest BCUT2D eigenvalue weighted by molar-refractivity contribution is -0.137. The zero-order valence-electron chi connectivity index (χ0n) is 13.0. The van der Waals surface area contributed by atoms with E-state index in [0.717, 1.165) is 11.4 Å². The highest BCUT2D eigenvalue weighted by molar-refractivity contribution is 6.30. The van der Waals surface area contributed by atoms with Crippen molar-refractivity contribution in [3.8, 4) is 5.69 Å². The second-order valence-corrected chi connectivity index (χ2v) is 5.62. The SMILES string of the molecule is CCCN(CC(=O)O)C(=O)c1cc(C)n(-c2cccc(Cl)c2)n1. The van der Waals surface area contributed by atoms with Crippen LogP contribution in [-0.4, -0.2) is 44.8 Å². The van der Waals surface area contributed by atoms with Gasteiger partial charge in [0.05, 0.1) is 5.69 Å². The lowest BCUT2D eigenvalue weighted by Gasteiger charge is -2.18. The number of aryl methyl sites for hydroxylation is 1. The minimum atomic E-state index is -1.04. The van der Waals surface area contributed by atoms with Crippen LogP contribution in [0.1, 0.15) is 29.5 Å². The summed E-state index contributed by atoms with van der Waals surface area (Å²) in [7, 11) is 0. The number of nitrogens with zero attached hydrogens (tertiary/aromatic N) is 3. The first-order valence-electron chi connectivity index (χ1n) is 7.26. The third-order valence-electron chi connectivity index (χ3n) is 3.27. The molecule has 2 aromatic rings. The Kier molecular flexibility index (Phi) is 5.39. The highest BCUT2D eigenvalue weighted by Gasteiger charge is 2.21. The Morgan fingerprint density at radius 1 is 1.35 bits per heavy atom. The summed E-state index contributed by atoms with van der Waals surface area (Å²) in [6.07, 6.45) is 0.674. The third kappa shape index (κ3) is 4.10. The van der Waals surface area contributed by atoms with E-state index in [0.29, 0.717) is 18.0 Å². The van der Waals surface area contributed by atoms with E-state index < -0.39 is 11.9 Å². The maximum absolute atomic E-state index is 12.5. The number of halogens is 1. The van der Waals surface area contributed by atoms with Crippen LogP contribution >= 0.6 is 11.6 Å². The molecular formula is C16H18ClN3O3. The summed E-state index contributed by atoms with van der Waals surface area (Å²) in [5, 5.41) is 13.8. The van der Waals surface area contributed by atoms with Gasteiger partial charge in [0.25, 0.3) is 5.91 Å². The molecule has 1 aromatic heterocycles. The van der Waals surface area contributed by atoms with Gasteiger partial charge in [-0.25, -0.2) is 4.68 Å². The van der Waals surface area contributed by atoms with Gasteiger partial charge in [-0.2, -0.15) is 5.10 Å². The number of carboxylic acid groups (broad SMARTS) is 1. The van der Waals surface area contributed by atoms with Crippen LogP contribution in [0.4, 0.5) is 0 Å². The molecule has 122 valence electrons. The molecule has 1 amide bonds. The number of hydrogen-bond acceptors (Lipinski definition) is 3. The van der Waals surface area contributed by atoms with E-state index in [2.05, 4.69) is 5.10 Å². The number of amides is 1. The summed E-state index contributed by atoms with van der Waals surface area (Å²) < 4.78 is 1.62. The molecular weight excluding hydrogens is 318 g/mol. The lowest BCUT2D eigenvalue weighted by Crippen LogP contribution is -2.36. The predicted octanol–water partition coefficient (Wildman–Crippen LogP) is 2.77. The second-order valence-electron chi connectivity index (χ2n) is 5.18. The summed E-state index contributed by atoms with van der Waals surface area (Å²) in [5.41, 5.74) is 1.73. The number of carbonyl (C=O) groups is 2. The lowest BCUT2D eigenvalue weighted by atomic mass is 10.3. The molecule has 0 aliphatic rings. The van der Waals surface area contributed by atoms with Crippen molar-refractivity contribution in [1.29, 1.82) is 0 Å². The summed E-state index contributed by atoms with van der Waals surface area (Å²) >= 11 is 5.98. The topological polar surface area (TPSA) is 75.4 Å². The fourth-order valence-corrected chi connectivity index (χ4v) is 2.48. The minimum Gasteiger partial charge on any atom is -0.480 e. The number of carboxylic acids is 1. The van der Waals surface area contributed by atoms with Gasteiger partial charge in [0.2, 0.25) is 0 Å². The Hall–Kier alpha value is -2.34. The molecule has 0 atom stereocenters. The van der Waals surface area contributed by atoms with Crippen molar-refractivity contribution in [3.63, 3.8) is 0 Å². The number of carbonyl (C=O) groups excluding carboxylic acids is 1. The molecule has 1 aromatic carbocycles. The molecule has 0 spiro atoms. The summed E-state index contributed by atoms with van der Waals surface area (Å²) in [6, 6.07) is 8.78. The van der Waals surface area contributed by atoms with E-state index in [4.69, 9.17) is 16.7 Å². The number of aromatic nitrogens is 2. The van der Waals surface area contributed by atoms with Crippen molar-refractivity contribution in [2.45, 2.75) is 20.3 Å². The van der Waals surface area contributed by atoms with Crippen molar-refractivity contribution >= 4 is 23.5 Å². The molecule has 6 nitrogen and oxygen atoms in total. The van der Waals surface area contributed by atoms with E-state index >= 15 is 0 Å². The Balaban J connectivity index is 2.32. The third-order valence-corrected chi connectivity index (χ3v) is 3.50. The fourth-order valence-electron chi connectivity index (χ4n) is 2.30. The van der Waals surface area contributed by atoms with Crippen molar-refractivity contribution in [2.24, 2.45) is 0 Å². The highest BCUT2D eigenvalue weighted by atomic mass is 35.5. The van der Waals surface area contributed by atoms with Gasteiger partial charge in [0.1, 0.15) is 6.54 Å². The summed E-state index contributed by atoms with van der Waals surface area (Å²) in [4.78, 5) is 24.7. The van der Waals surface area contributed by atoms with Crippen LogP contribution in [0.2, 0.25) is 5.02 Å². The maximum Gasteiger partial charge on any atom is 0.323 e. The first-order chi connectivity index (χ1) is 10.9. The molecule has 0 fully saturated rings. The Bertz CT molecular complexity index is 727. The van der Waals surface area contributed by atoms with Crippen molar-refractivity contribution in [2.75, 3.05) is 13.1 Å². The van der Waals surface area contributed by atoms with E-state index in [1.807, 2.05) is 19.9 Å². The summed E-state index contributed by atoms with van der Waals surface area (Å²) in [6.45, 7) is 3.74. The number of rotatable bonds is 6. The number of hydrogen-bond donors (Lipinski definition) is 1. The molecule has 0 unspecified atom stereocenters. The van der Waals surface area contributed by atoms with E-state index in [1.54, 1.807) is 28.9 Å². The zero-order valence-corrected chi connectivity index (χ0v) is 13.7. The van der Waals surface area contributed by atoms with Crippen LogP contribution < -0.4 is 0 Å². The molecule has 0 saturated carbocycles.